The maximum Gasteiger partial charge on any atom is 0.264 e. The Hall–Kier alpha value is -4.52. The molecule has 7 heteroatoms. The van der Waals surface area contributed by atoms with Gasteiger partial charge in [-0.3, -0.25) is 23.5 Å². The number of anilines is 1. The van der Waals surface area contributed by atoms with E-state index in [0.717, 1.165) is 16.8 Å². The average Bonchev–Trinajstić information content (AvgIpc) is 2.81. The summed E-state index contributed by atoms with van der Waals surface area (Å²) < 4.78 is 3.10. The number of aromatic nitrogens is 3. The highest BCUT2D eigenvalue weighted by atomic mass is 16.1. The lowest BCUT2D eigenvalue weighted by atomic mass is 10.1. The summed E-state index contributed by atoms with van der Waals surface area (Å²) in [6.07, 6.45) is 3.39. The van der Waals surface area contributed by atoms with Crippen LogP contribution < -0.4 is 16.4 Å². The van der Waals surface area contributed by atoms with E-state index in [1.54, 1.807) is 59.4 Å². The zero-order valence-electron chi connectivity index (χ0n) is 19.0. The third kappa shape index (κ3) is 3.67. The van der Waals surface area contributed by atoms with Crippen molar-refractivity contribution in [1.82, 2.24) is 14.1 Å². The number of fused-ring (bicyclic) bond motifs is 2. The topological polar surface area (TPSA) is 86.0 Å². The quantitative estimate of drug-likeness (QED) is 0.416. The van der Waals surface area contributed by atoms with Crippen LogP contribution in [-0.2, 0) is 4.79 Å². The Morgan fingerprint density at radius 2 is 1.41 bits per heavy atom. The molecule has 0 saturated carbocycles. The van der Waals surface area contributed by atoms with E-state index in [0.29, 0.717) is 33.2 Å². The summed E-state index contributed by atoms with van der Waals surface area (Å²) in [4.78, 5) is 42.6. The van der Waals surface area contributed by atoms with Crippen LogP contribution in [0.4, 0.5) is 5.69 Å². The molecule has 1 N–H and O–H groups in total. The van der Waals surface area contributed by atoms with Crippen LogP contribution in [0.25, 0.3) is 33.2 Å². The van der Waals surface area contributed by atoms with E-state index in [4.69, 9.17) is 0 Å². The molecule has 0 aliphatic heterocycles. The Labute approximate surface area is 194 Å². The summed E-state index contributed by atoms with van der Waals surface area (Å²) in [7, 11) is 0. The number of aryl methyl sites for hydroxylation is 2. The lowest BCUT2D eigenvalue weighted by Crippen LogP contribution is -2.21. The second-order valence-corrected chi connectivity index (χ2v) is 8.35. The van der Waals surface area contributed by atoms with Crippen LogP contribution in [0.2, 0.25) is 0 Å². The number of pyridine rings is 3. The molecule has 1 amide bonds. The summed E-state index contributed by atoms with van der Waals surface area (Å²) >= 11 is 0. The number of carbonyl (C=O) groups is 1. The fraction of sp³-hybridized carbons (Fsp3) is 0.111. The van der Waals surface area contributed by atoms with Crippen molar-refractivity contribution < 1.29 is 4.79 Å². The lowest BCUT2D eigenvalue weighted by Gasteiger charge is -2.12. The molecule has 7 nitrogen and oxygen atoms in total. The van der Waals surface area contributed by atoms with E-state index in [1.807, 2.05) is 32.0 Å². The largest absolute Gasteiger partial charge is 0.326 e. The maximum absolute atomic E-state index is 13.4. The van der Waals surface area contributed by atoms with Crippen molar-refractivity contribution in [2.45, 2.75) is 20.8 Å². The lowest BCUT2D eigenvalue weighted by molar-refractivity contribution is -0.114. The highest BCUT2D eigenvalue weighted by Crippen LogP contribution is 2.19. The van der Waals surface area contributed by atoms with Crippen LogP contribution in [-0.4, -0.2) is 20.0 Å². The van der Waals surface area contributed by atoms with Crippen LogP contribution in [0.15, 0.2) is 82.6 Å². The molecule has 5 rings (SSSR count). The van der Waals surface area contributed by atoms with Crippen LogP contribution in [0.5, 0.6) is 0 Å². The van der Waals surface area contributed by atoms with Crippen molar-refractivity contribution >= 4 is 33.4 Å². The molecule has 0 bridgehead atoms. The van der Waals surface area contributed by atoms with Gasteiger partial charge in [0.2, 0.25) is 5.91 Å². The number of hydrogen-bond acceptors (Lipinski definition) is 4. The number of hydrogen-bond donors (Lipinski definition) is 1. The van der Waals surface area contributed by atoms with Crippen molar-refractivity contribution in [2.75, 3.05) is 5.32 Å². The van der Waals surface area contributed by atoms with E-state index in [1.165, 1.54) is 11.5 Å². The van der Waals surface area contributed by atoms with E-state index in [2.05, 4.69) is 10.3 Å². The highest BCUT2D eigenvalue weighted by molar-refractivity contribution is 5.92. The van der Waals surface area contributed by atoms with Gasteiger partial charge in [-0.2, -0.15) is 0 Å². The van der Waals surface area contributed by atoms with Gasteiger partial charge in [0.05, 0.1) is 27.5 Å². The SMILES string of the molecule is CC(=O)Nc1ccc(-n2ccc3nc4ccn(-c5cc(C)ccc5C)c(=O)c4cc3c2=O)cc1. The van der Waals surface area contributed by atoms with Crippen molar-refractivity contribution in [2.24, 2.45) is 0 Å². The van der Waals surface area contributed by atoms with Gasteiger partial charge in [0.15, 0.2) is 0 Å². The first kappa shape index (κ1) is 21.3. The van der Waals surface area contributed by atoms with Crippen molar-refractivity contribution in [1.29, 1.82) is 0 Å². The predicted molar refractivity (Wildman–Crippen MR) is 134 cm³/mol. The fourth-order valence-corrected chi connectivity index (χ4v) is 4.10. The molecule has 34 heavy (non-hydrogen) atoms. The molecule has 2 aromatic carbocycles. The number of amides is 1. The Morgan fingerprint density at radius 3 is 2.06 bits per heavy atom. The van der Waals surface area contributed by atoms with Crippen molar-refractivity contribution in [3.63, 3.8) is 0 Å². The summed E-state index contributed by atoms with van der Waals surface area (Å²) in [6.45, 7) is 5.38. The summed E-state index contributed by atoms with van der Waals surface area (Å²) in [5.74, 6) is -0.167. The molecule has 0 aliphatic rings. The molecule has 0 unspecified atom stereocenters. The number of benzene rings is 2. The Bertz CT molecular complexity index is 1710. The molecule has 168 valence electrons. The molecular formula is C27H22N4O3. The van der Waals surface area contributed by atoms with E-state index in [9.17, 15) is 14.4 Å². The van der Waals surface area contributed by atoms with Crippen LogP contribution in [0, 0.1) is 13.8 Å². The van der Waals surface area contributed by atoms with E-state index < -0.39 is 0 Å². The summed E-state index contributed by atoms with van der Waals surface area (Å²) in [5, 5.41) is 3.45. The second kappa shape index (κ2) is 8.12. The van der Waals surface area contributed by atoms with Gasteiger partial charge in [0.25, 0.3) is 11.1 Å². The van der Waals surface area contributed by atoms with Gasteiger partial charge in [0, 0.05) is 30.7 Å². The molecule has 0 aliphatic carbocycles. The number of nitrogens with zero attached hydrogens (tertiary/aromatic N) is 3. The normalized spacial score (nSPS) is 11.1. The van der Waals surface area contributed by atoms with Gasteiger partial charge >= 0.3 is 0 Å². The Kier molecular flexibility index (Phi) is 5.09. The van der Waals surface area contributed by atoms with Crippen molar-refractivity contribution in [3.05, 3.63) is 105 Å². The first-order valence-electron chi connectivity index (χ1n) is 10.9. The second-order valence-electron chi connectivity index (χ2n) is 8.35. The van der Waals surface area contributed by atoms with Gasteiger partial charge in [-0.1, -0.05) is 12.1 Å². The Morgan fingerprint density at radius 1 is 0.794 bits per heavy atom. The Balaban J connectivity index is 1.68. The van der Waals surface area contributed by atoms with Gasteiger partial charge in [-0.05, 0) is 73.5 Å². The third-order valence-corrected chi connectivity index (χ3v) is 5.83. The molecular weight excluding hydrogens is 428 g/mol. The highest BCUT2D eigenvalue weighted by Gasteiger charge is 2.12. The van der Waals surface area contributed by atoms with E-state index in [-0.39, 0.29) is 17.0 Å². The molecule has 0 fully saturated rings. The standard InChI is InChI=1S/C27H22N4O3/c1-16-4-5-17(2)25(14-16)31-13-11-24-22(27(31)34)15-21-23(29-24)10-12-30(26(21)33)20-8-6-19(7-9-20)28-18(3)32/h4-15H,1-3H3,(H,28,32). The summed E-state index contributed by atoms with van der Waals surface area (Å²) in [6, 6.07) is 18.1. The monoisotopic (exact) mass is 450 g/mol. The van der Waals surface area contributed by atoms with Crippen molar-refractivity contribution in [3.8, 4) is 11.4 Å². The molecule has 0 atom stereocenters. The number of carbonyl (C=O) groups excluding carboxylic acids is 1. The smallest absolute Gasteiger partial charge is 0.264 e. The number of nitrogens with one attached hydrogen (secondary N) is 1. The van der Waals surface area contributed by atoms with Crippen LogP contribution in [0.1, 0.15) is 18.1 Å². The molecule has 5 aromatic rings. The maximum atomic E-state index is 13.4. The minimum absolute atomic E-state index is 0.167. The van der Waals surface area contributed by atoms with Crippen LogP contribution >= 0.6 is 0 Å². The van der Waals surface area contributed by atoms with Crippen LogP contribution in [0.3, 0.4) is 0 Å². The molecule has 0 spiro atoms. The molecule has 3 heterocycles. The predicted octanol–water partition coefficient (Wildman–Crippen LogP) is 4.27. The fourth-order valence-electron chi connectivity index (χ4n) is 4.10. The van der Waals surface area contributed by atoms with Gasteiger partial charge in [0.1, 0.15) is 0 Å². The third-order valence-electron chi connectivity index (χ3n) is 5.83. The van der Waals surface area contributed by atoms with Gasteiger partial charge < -0.3 is 5.32 Å². The minimum Gasteiger partial charge on any atom is -0.326 e. The average molecular weight is 450 g/mol. The minimum atomic E-state index is -0.277. The molecule has 0 radical (unpaired) electrons. The zero-order valence-corrected chi connectivity index (χ0v) is 19.0. The first-order valence-corrected chi connectivity index (χ1v) is 10.9. The first-order chi connectivity index (χ1) is 16.3. The molecule has 0 saturated heterocycles. The summed E-state index contributed by atoms with van der Waals surface area (Å²) in [5.41, 5.74) is 4.67. The molecule has 3 aromatic heterocycles. The number of rotatable bonds is 3. The van der Waals surface area contributed by atoms with E-state index >= 15 is 0 Å². The van der Waals surface area contributed by atoms with Gasteiger partial charge in [-0.25, -0.2) is 4.98 Å². The van der Waals surface area contributed by atoms with Gasteiger partial charge in [-0.15, -0.1) is 0 Å². The zero-order chi connectivity index (χ0) is 24.0.